The first-order valence-electron chi connectivity index (χ1n) is 7.86. The smallest absolute Gasteiger partial charge is 0.142 e. The van der Waals surface area contributed by atoms with Gasteiger partial charge in [0.2, 0.25) is 0 Å². The largest absolute Gasteiger partial charge is 0.308 e. The van der Waals surface area contributed by atoms with Crippen molar-refractivity contribution in [1.29, 1.82) is 0 Å². The average Bonchev–Trinajstić information content (AvgIpc) is 3.05. The fourth-order valence-corrected chi connectivity index (χ4v) is 3.31. The van der Waals surface area contributed by atoms with Gasteiger partial charge in [0.15, 0.2) is 0 Å². The number of hydrogen-bond acceptors (Lipinski definition) is 4. The number of nitrogens with zero attached hydrogens (tertiary/aromatic N) is 2. The predicted molar refractivity (Wildman–Crippen MR) is 96.5 cm³/mol. The standard InChI is InChI=1S/C19H21N3S/c1-14-7-3-4-8-16(14)11-15(2)21-12-17-13-23-19(22-17)18-9-5-6-10-20-18/h3-10,13,15,21H,11-12H2,1-2H3. The summed E-state index contributed by atoms with van der Waals surface area (Å²) in [5, 5.41) is 6.65. The fraction of sp³-hybridized carbons (Fsp3) is 0.263. The van der Waals surface area contributed by atoms with Crippen molar-refractivity contribution in [3.05, 3.63) is 70.9 Å². The van der Waals surface area contributed by atoms with Crippen LogP contribution in [0.2, 0.25) is 0 Å². The molecule has 0 spiro atoms. The van der Waals surface area contributed by atoms with Gasteiger partial charge in [-0.15, -0.1) is 11.3 Å². The second-order valence-corrected chi connectivity index (χ2v) is 6.63. The lowest BCUT2D eigenvalue weighted by Gasteiger charge is -2.14. The minimum absolute atomic E-state index is 0.413. The molecule has 2 heterocycles. The quantitative estimate of drug-likeness (QED) is 0.737. The van der Waals surface area contributed by atoms with Gasteiger partial charge in [-0.05, 0) is 43.5 Å². The third kappa shape index (κ3) is 4.24. The van der Waals surface area contributed by atoms with Crippen molar-refractivity contribution in [3.63, 3.8) is 0 Å². The topological polar surface area (TPSA) is 37.8 Å². The van der Waals surface area contributed by atoms with Crippen LogP contribution in [0.4, 0.5) is 0 Å². The van der Waals surface area contributed by atoms with Gasteiger partial charge in [0.25, 0.3) is 0 Å². The Morgan fingerprint density at radius 2 is 1.96 bits per heavy atom. The third-order valence-electron chi connectivity index (χ3n) is 3.85. The Morgan fingerprint density at radius 1 is 1.13 bits per heavy atom. The molecule has 23 heavy (non-hydrogen) atoms. The second-order valence-electron chi connectivity index (χ2n) is 5.77. The number of benzene rings is 1. The fourth-order valence-electron chi connectivity index (χ4n) is 2.52. The summed E-state index contributed by atoms with van der Waals surface area (Å²) in [5.74, 6) is 0. The highest BCUT2D eigenvalue weighted by atomic mass is 32.1. The Bertz CT molecular complexity index is 752. The summed E-state index contributed by atoms with van der Waals surface area (Å²) in [5.41, 5.74) is 4.77. The lowest BCUT2D eigenvalue weighted by atomic mass is 10.0. The van der Waals surface area contributed by atoms with Gasteiger partial charge in [0, 0.05) is 24.2 Å². The van der Waals surface area contributed by atoms with E-state index in [1.54, 1.807) is 17.5 Å². The summed E-state index contributed by atoms with van der Waals surface area (Å²) in [6, 6.07) is 14.9. The number of rotatable bonds is 6. The average molecular weight is 323 g/mol. The highest BCUT2D eigenvalue weighted by Gasteiger charge is 2.08. The van der Waals surface area contributed by atoms with Gasteiger partial charge in [-0.3, -0.25) is 4.98 Å². The third-order valence-corrected chi connectivity index (χ3v) is 4.77. The van der Waals surface area contributed by atoms with Crippen LogP contribution in [-0.2, 0) is 13.0 Å². The number of hydrogen-bond donors (Lipinski definition) is 1. The van der Waals surface area contributed by atoms with Crippen LogP contribution in [0.15, 0.2) is 54.0 Å². The van der Waals surface area contributed by atoms with Gasteiger partial charge in [-0.2, -0.15) is 0 Å². The minimum atomic E-state index is 0.413. The Hall–Kier alpha value is -2.04. The maximum atomic E-state index is 4.67. The number of aromatic nitrogens is 2. The Morgan fingerprint density at radius 3 is 2.74 bits per heavy atom. The Balaban J connectivity index is 1.56. The molecule has 2 aromatic heterocycles. The zero-order chi connectivity index (χ0) is 16.1. The molecule has 1 N–H and O–H groups in total. The molecule has 0 radical (unpaired) electrons. The summed E-state index contributed by atoms with van der Waals surface area (Å²) in [6.45, 7) is 5.18. The van der Waals surface area contributed by atoms with E-state index in [0.29, 0.717) is 6.04 Å². The summed E-state index contributed by atoms with van der Waals surface area (Å²) in [4.78, 5) is 9.02. The normalized spacial score (nSPS) is 12.3. The Labute approximate surface area is 141 Å². The Kier molecular flexibility index (Phi) is 5.16. The molecule has 118 valence electrons. The van der Waals surface area contributed by atoms with E-state index in [9.17, 15) is 0 Å². The summed E-state index contributed by atoms with van der Waals surface area (Å²) >= 11 is 1.65. The molecule has 0 aliphatic carbocycles. The molecule has 0 fully saturated rings. The first-order valence-corrected chi connectivity index (χ1v) is 8.74. The first-order chi connectivity index (χ1) is 11.2. The van der Waals surface area contributed by atoms with Crippen LogP contribution in [0.25, 0.3) is 10.7 Å². The SMILES string of the molecule is Cc1ccccc1CC(C)NCc1csc(-c2ccccn2)n1. The molecule has 1 aromatic carbocycles. The summed E-state index contributed by atoms with van der Waals surface area (Å²) in [6.07, 6.45) is 2.84. The number of thiazole rings is 1. The van der Waals surface area contributed by atoms with E-state index in [0.717, 1.165) is 29.4 Å². The maximum absolute atomic E-state index is 4.67. The summed E-state index contributed by atoms with van der Waals surface area (Å²) in [7, 11) is 0. The monoisotopic (exact) mass is 323 g/mol. The highest BCUT2D eigenvalue weighted by Crippen LogP contribution is 2.21. The van der Waals surface area contributed by atoms with Crippen LogP contribution < -0.4 is 5.32 Å². The van der Waals surface area contributed by atoms with E-state index in [1.807, 2.05) is 18.2 Å². The van der Waals surface area contributed by atoms with E-state index in [2.05, 4.69) is 58.8 Å². The van der Waals surface area contributed by atoms with Crippen molar-refractivity contribution < 1.29 is 0 Å². The minimum Gasteiger partial charge on any atom is -0.308 e. The van der Waals surface area contributed by atoms with Gasteiger partial charge >= 0.3 is 0 Å². The van der Waals surface area contributed by atoms with E-state index < -0.39 is 0 Å². The van der Waals surface area contributed by atoms with Gasteiger partial charge < -0.3 is 5.32 Å². The predicted octanol–water partition coefficient (Wildman–Crippen LogP) is 4.23. The first kappa shape index (κ1) is 15.8. The molecule has 0 saturated carbocycles. The zero-order valence-electron chi connectivity index (χ0n) is 13.5. The van der Waals surface area contributed by atoms with E-state index in [1.165, 1.54) is 11.1 Å². The van der Waals surface area contributed by atoms with Gasteiger partial charge in [0.05, 0.1) is 11.4 Å². The highest BCUT2D eigenvalue weighted by molar-refractivity contribution is 7.13. The molecular weight excluding hydrogens is 302 g/mol. The van der Waals surface area contributed by atoms with Crippen LogP contribution in [0.3, 0.4) is 0 Å². The lowest BCUT2D eigenvalue weighted by molar-refractivity contribution is 0.540. The van der Waals surface area contributed by atoms with E-state index in [-0.39, 0.29) is 0 Å². The van der Waals surface area contributed by atoms with Crippen molar-refractivity contribution in [3.8, 4) is 10.7 Å². The van der Waals surface area contributed by atoms with E-state index in [4.69, 9.17) is 0 Å². The second kappa shape index (κ2) is 7.49. The molecule has 3 aromatic rings. The van der Waals surface area contributed by atoms with Crippen molar-refractivity contribution in [1.82, 2.24) is 15.3 Å². The maximum Gasteiger partial charge on any atom is 0.142 e. The molecule has 1 atom stereocenters. The van der Waals surface area contributed by atoms with Crippen LogP contribution in [0, 0.1) is 6.92 Å². The molecule has 3 rings (SSSR count). The molecule has 0 amide bonds. The molecule has 0 aliphatic heterocycles. The molecule has 3 nitrogen and oxygen atoms in total. The van der Waals surface area contributed by atoms with Crippen LogP contribution in [-0.4, -0.2) is 16.0 Å². The van der Waals surface area contributed by atoms with E-state index >= 15 is 0 Å². The van der Waals surface area contributed by atoms with Crippen LogP contribution in [0.5, 0.6) is 0 Å². The summed E-state index contributed by atoms with van der Waals surface area (Å²) < 4.78 is 0. The van der Waals surface area contributed by atoms with Crippen molar-refractivity contribution in [2.75, 3.05) is 0 Å². The molecule has 0 saturated heterocycles. The van der Waals surface area contributed by atoms with Gasteiger partial charge in [-0.25, -0.2) is 4.98 Å². The van der Waals surface area contributed by atoms with Crippen molar-refractivity contribution in [2.45, 2.75) is 32.9 Å². The van der Waals surface area contributed by atoms with Gasteiger partial charge in [0.1, 0.15) is 5.01 Å². The van der Waals surface area contributed by atoms with Crippen LogP contribution >= 0.6 is 11.3 Å². The lowest BCUT2D eigenvalue weighted by Crippen LogP contribution is -2.27. The number of nitrogens with one attached hydrogen (secondary N) is 1. The van der Waals surface area contributed by atoms with Crippen LogP contribution in [0.1, 0.15) is 23.7 Å². The molecule has 0 aliphatic rings. The molecule has 1 unspecified atom stereocenters. The van der Waals surface area contributed by atoms with Crippen molar-refractivity contribution >= 4 is 11.3 Å². The van der Waals surface area contributed by atoms with Gasteiger partial charge in [-0.1, -0.05) is 30.3 Å². The molecule has 4 heteroatoms. The number of pyridine rings is 1. The number of aryl methyl sites for hydroxylation is 1. The van der Waals surface area contributed by atoms with Crippen molar-refractivity contribution in [2.24, 2.45) is 0 Å². The zero-order valence-corrected chi connectivity index (χ0v) is 14.3. The molecule has 0 bridgehead atoms. The molecular formula is C19H21N3S.